The van der Waals surface area contributed by atoms with Crippen molar-refractivity contribution in [3.63, 3.8) is 0 Å². The van der Waals surface area contributed by atoms with Crippen LogP contribution in [0.3, 0.4) is 0 Å². The summed E-state index contributed by atoms with van der Waals surface area (Å²) in [7, 11) is 0. The second-order valence-corrected chi connectivity index (χ2v) is 9.15. The maximum absolute atomic E-state index is 6.12. The predicted octanol–water partition coefficient (Wildman–Crippen LogP) is 3.73. The summed E-state index contributed by atoms with van der Waals surface area (Å²) in [6.07, 6.45) is 5.27. The molecule has 1 atom stereocenters. The molecule has 0 bridgehead atoms. The summed E-state index contributed by atoms with van der Waals surface area (Å²) >= 11 is 4.01. The largest absolute Gasteiger partial charge is 0.373 e. The third-order valence-corrected chi connectivity index (χ3v) is 7.35. The summed E-state index contributed by atoms with van der Waals surface area (Å²) in [6, 6.07) is 6.29. The van der Waals surface area contributed by atoms with E-state index in [0.29, 0.717) is 17.5 Å². The lowest BCUT2D eigenvalue weighted by molar-refractivity contribution is 0.0266. The molecule has 0 amide bonds. The molecule has 0 aliphatic carbocycles. The number of thiophene rings is 1. The molecule has 2 saturated heterocycles. The lowest BCUT2D eigenvalue weighted by atomic mass is 9.93. The fourth-order valence-corrected chi connectivity index (χ4v) is 6.03. The molecule has 2 aliphatic rings. The predicted molar refractivity (Wildman–Crippen MR) is 97.0 cm³/mol. The average Bonchev–Trinajstić information content (AvgIpc) is 3.13. The van der Waals surface area contributed by atoms with Gasteiger partial charge < -0.3 is 4.74 Å². The van der Waals surface area contributed by atoms with Crippen molar-refractivity contribution < 1.29 is 4.74 Å². The van der Waals surface area contributed by atoms with Crippen molar-refractivity contribution in [3.05, 3.63) is 52.0 Å². The molecule has 0 N–H and O–H groups in total. The SMILES string of the molecule is Cc1ccsc1CN1CC2(CC(OCc3ccncc3)CS2)C1. The Labute approximate surface area is 146 Å². The standard InChI is InChI=1S/C18H22N2OS2/c1-14-4-7-22-17(14)9-20-12-18(13-20)8-16(11-23-18)21-10-15-2-5-19-6-3-15/h2-7,16H,8-13H2,1H3. The number of aromatic nitrogens is 1. The van der Waals surface area contributed by atoms with Crippen molar-refractivity contribution in [2.75, 3.05) is 18.8 Å². The quantitative estimate of drug-likeness (QED) is 0.824. The van der Waals surface area contributed by atoms with E-state index in [-0.39, 0.29) is 0 Å². The zero-order valence-corrected chi connectivity index (χ0v) is 15.0. The van der Waals surface area contributed by atoms with Crippen LogP contribution in [0.25, 0.3) is 0 Å². The number of likely N-dealkylation sites (tertiary alicyclic amines) is 1. The summed E-state index contributed by atoms with van der Waals surface area (Å²) in [5.74, 6) is 1.14. The van der Waals surface area contributed by atoms with Crippen molar-refractivity contribution in [3.8, 4) is 0 Å². The van der Waals surface area contributed by atoms with Crippen molar-refractivity contribution in [2.24, 2.45) is 0 Å². The number of aryl methyl sites for hydroxylation is 1. The van der Waals surface area contributed by atoms with Crippen LogP contribution in [0.1, 0.15) is 22.4 Å². The molecular weight excluding hydrogens is 324 g/mol. The first-order chi connectivity index (χ1) is 11.2. The molecule has 2 aromatic heterocycles. The second-order valence-electron chi connectivity index (χ2n) is 6.66. The Morgan fingerprint density at radius 1 is 1.30 bits per heavy atom. The fraction of sp³-hybridized carbons (Fsp3) is 0.500. The molecule has 5 heteroatoms. The van der Waals surface area contributed by atoms with E-state index < -0.39 is 0 Å². The third-order valence-electron chi connectivity index (χ3n) is 4.77. The van der Waals surface area contributed by atoms with Gasteiger partial charge in [-0.15, -0.1) is 23.1 Å². The van der Waals surface area contributed by atoms with Crippen LogP contribution in [-0.4, -0.2) is 39.6 Å². The van der Waals surface area contributed by atoms with Crippen LogP contribution < -0.4 is 0 Å². The summed E-state index contributed by atoms with van der Waals surface area (Å²) in [4.78, 5) is 8.15. The number of ether oxygens (including phenoxy) is 1. The first-order valence-electron chi connectivity index (χ1n) is 8.12. The average molecular weight is 347 g/mol. The first-order valence-corrected chi connectivity index (χ1v) is 9.99. The van der Waals surface area contributed by atoms with Gasteiger partial charge in [0.2, 0.25) is 0 Å². The lowest BCUT2D eigenvalue weighted by Gasteiger charge is -2.47. The third kappa shape index (κ3) is 3.48. The molecule has 3 nitrogen and oxygen atoms in total. The van der Waals surface area contributed by atoms with Crippen LogP contribution in [0.4, 0.5) is 0 Å². The van der Waals surface area contributed by atoms with Crippen LogP contribution in [0.5, 0.6) is 0 Å². The van der Waals surface area contributed by atoms with Crippen molar-refractivity contribution in [2.45, 2.75) is 37.3 Å². The monoisotopic (exact) mass is 346 g/mol. The van der Waals surface area contributed by atoms with Crippen LogP contribution in [0.2, 0.25) is 0 Å². The van der Waals surface area contributed by atoms with E-state index in [1.165, 1.54) is 35.5 Å². The lowest BCUT2D eigenvalue weighted by Crippen LogP contribution is -2.58. The van der Waals surface area contributed by atoms with E-state index in [4.69, 9.17) is 4.74 Å². The molecule has 2 aliphatic heterocycles. The highest BCUT2D eigenvalue weighted by molar-refractivity contribution is 8.01. The summed E-state index contributed by atoms with van der Waals surface area (Å²) < 4.78 is 6.57. The summed E-state index contributed by atoms with van der Waals surface area (Å²) in [6.45, 7) is 6.47. The minimum absolute atomic E-state index is 0.402. The van der Waals surface area contributed by atoms with Gasteiger partial charge in [-0.25, -0.2) is 0 Å². The number of nitrogens with zero attached hydrogens (tertiary/aromatic N) is 2. The molecule has 4 rings (SSSR count). The molecular formula is C18H22N2OS2. The van der Waals surface area contributed by atoms with Crippen molar-refractivity contribution >= 4 is 23.1 Å². The van der Waals surface area contributed by atoms with Gasteiger partial charge in [-0.3, -0.25) is 9.88 Å². The molecule has 122 valence electrons. The Hall–Kier alpha value is -0.880. The zero-order chi connectivity index (χ0) is 15.7. The van der Waals surface area contributed by atoms with Gasteiger partial charge >= 0.3 is 0 Å². The molecule has 4 heterocycles. The molecule has 1 spiro atoms. The van der Waals surface area contributed by atoms with Gasteiger partial charge in [-0.1, -0.05) is 0 Å². The Kier molecular flexibility index (Phi) is 4.46. The molecule has 1 unspecified atom stereocenters. The van der Waals surface area contributed by atoms with E-state index in [2.05, 4.69) is 40.0 Å². The minimum atomic E-state index is 0.402. The maximum Gasteiger partial charge on any atom is 0.0722 e. The number of thioether (sulfide) groups is 1. The van der Waals surface area contributed by atoms with Gasteiger partial charge in [0.05, 0.1) is 12.7 Å². The van der Waals surface area contributed by atoms with E-state index in [0.717, 1.165) is 12.3 Å². The molecule has 2 fully saturated rings. The molecule has 2 aromatic rings. The van der Waals surface area contributed by atoms with Crippen molar-refractivity contribution in [1.29, 1.82) is 0 Å². The van der Waals surface area contributed by atoms with Gasteiger partial charge in [0.15, 0.2) is 0 Å². The molecule has 23 heavy (non-hydrogen) atoms. The van der Waals surface area contributed by atoms with Gasteiger partial charge in [0.1, 0.15) is 0 Å². The smallest absolute Gasteiger partial charge is 0.0722 e. The van der Waals surface area contributed by atoms with Crippen LogP contribution in [0, 0.1) is 6.92 Å². The van der Waals surface area contributed by atoms with E-state index >= 15 is 0 Å². The van der Waals surface area contributed by atoms with E-state index in [9.17, 15) is 0 Å². The molecule has 0 radical (unpaired) electrons. The number of pyridine rings is 1. The second kappa shape index (κ2) is 6.55. The highest BCUT2D eigenvalue weighted by Crippen LogP contribution is 2.46. The maximum atomic E-state index is 6.12. The Bertz CT molecular complexity index is 652. The normalized spacial score (nSPS) is 23.3. The minimum Gasteiger partial charge on any atom is -0.373 e. The van der Waals surface area contributed by atoms with Gasteiger partial charge in [-0.2, -0.15) is 0 Å². The van der Waals surface area contributed by atoms with Gasteiger partial charge in [-0.05, 0) is 48.1 Å². The fourth-order valence-electron chi connectivity index (χ4n) is 3.47. The first kappa shape index (κ1) is 15.6. The zero-order valence-electron chi connectivity index (χ0n) is 13.4. The number of hydrogen-bond donors (Lipinski definition) is 0. The van der Waals surface area contributed by atoms with Gasteiger partial charge in [0.25, 0.3) is 0 Å². The van der Waals surface area contributed by atoms with E-state index in [1.807, 2.05) is 35.9 Å². The Morgan fingerprint density at radius 3 is 2.87 bits per heavy atom. The highest BCUT2D eigenvalue weighted by Gasteiger charge is 2.49. The Balaban J connectivity index is 1.24. The Morgan fingerprint density at radius 2 is 2.13 bits per heavy atom. The summed E-state index contributed by atoms with van der Waals surface area (Å²) in [5, 5.41) is 2.20. The van der Waals surface area contributed by atoms with Gasteiger partial charge in [0, 0.05) is 47.4 Å². The number of hydrogen-bond acceptors (Lipinski definition) is 5. The summed E-state index contributed by atoms with van der Waals surface area (Å²) in [5.41, 5.74) is 2.66. The van der Waals surface area contributed by atoms with E-state index in [1.54, 1.807) is 0 Å². The van der Waals surface area contributed by atoms with Crippen LogP contribution in [-0.2, 0) is 17.9 Å². The highest BCUT2D eigenvalue weighted by atomic mass is 32.2. The molecule has 0 aromatic carbocycles. The molecule has 0 saturated carbocycles. The number of rotatable bonds is 5. The van der Waals surface area contributed by atoms with Crippen LogP contribution >= 0.6 is 23.1 Å². The topological polar surface area (TPSA) is 25.4 Å². The van der Waals surface area contributed by atoms with Crippen LogP contribution in [0.15, 0.2) is 36.0 Å². The van der Waals surface area contributed by atoms with Crippen molar-refractivity contribution in [1.82, 2.24) is 9.88 Å².